The lowest BCUT2D eigenvalue weighted by Gasteiger charge is -2.17. The van der Waals surface area contributed by atoms with E-state index in [9.17, 15) is 0 Å². The average Bonchev–Trinajstić information content (AvgIpc) is 2.27. The number of hydrogen-bond acceptors (Lipinski definition) is 1. The highest BCUT2D eigenvalue weighted by molar-refractivity contribution is 5.29. The molecule has 0 radical (unpaired) electrons. The molecule has 0 aliphatic rings. The standard InChI is InChI=1S/C14H23N/c1-4-6-9-13-10-7-8-11-14(13)12(3)15-5-2/h7-8,10-12,15H,4-6,9H2,1-3H3. The molecule has 0 aliphatic carbocycles. The van der Waals surface area contributed by atoms with Crippen LogP contribution in [0.5, 0.6) is 0 Å². The van der Waals surface area contributed by atoms with Crippen LogP contribution in [0.2, 0.25) is 0 Å². The Bertz CT molecular complexity index is 280. The van der Waals surface area contributed by atoms with Gasteiger partial charge in [-0.2, -0.15) is 0 Å². The maximum absolute atomic E-state index is 3.48. The first kappa shape index (κ1) is 12.3. The fourth-order valence-electron chi connectivity index (χ4n) is 1.97. The molecule has 0 aromatic heterocycles. The molecular formula is C14H23N. The third-order valence-corrected chi connectivity index (χ3v) is 2.83. The second kappa shape index (κ2) is 6.62. The lowest BCUT2D eigenvalue weighted by atomic mass is 9.97. The van der Waals surface area contributed by atoms with E-state index in [0.29, 0.717) is 6.04 Å². The summed E-state index contributed by atoms with van der Waals surface area (Å²) >= 11 is 0. The third-order valence-electron chi connectivity index (χ3n) is 2.83. The highest BCUT2D eigenvalue weighted by atomic mass is 14.9. The zero-order chi connectivity index (χ0) is 11.1. The van der Waals surface area contributed by atoms with E-state index < -0.39 is 0 Å². The quantitative estimate of drug-likeness (QED) is 0.746. The number of hydrogen-bond donors (Lipinski definition) is 1. The highest BCUT2D eigenvalue weighted by Crippen LogP contribution is 2.19. The van der Waals surface area contributed by atoms with Gasteiger partial charge in [0.1, 0.15) is 0 Å². The Labute approximate surface area is 93.9 Å². The SMILES string of the molecule is CCCCc1ccccc1C(C)NCC. The van der Waals surface area contributed by atoms with Crippen LogP contribution in [0.25, 0.3) is 0 Å². The second-order valence-corrected chi connectivity index (χ2v) is 4.08. The van der Waals surface area contributed by atoms with Crippen LogP contribution in [0.3, 0.4) is 0 Å². The molecule has 1 N–H and O–H groups in total. The second-order valence-electron chi connectivity index (χ2n) is 4.08. The Morgan fingerprint density at radius 1 is 1.20 bits per heavy atom. The lowest BCUT2D eigenvalue weighted by Crippen LogP contribution is -2.19. The van der Waals surface area contributed by atoms with Crippen molar-refractivity contribution in [1.29, 1.82) is 0 Å². The first-order valence-corrected chi connectivity index (χ1v) is 6.10. The minimum atomic E-state index is 0.475. The molecule has 0 aliphatic heterocycles. The van der Waals surface area contributed by atoms with Crippen molar-refractivity contribution < 1.29 is 0 Å². The Balaban J connectivity index is 2.75. The fraction of sp³-hybridized carbons (Fsp3) is 0.571. The summed E-state index contributed by atoms with van der Waals surface area (Å²) in [6, 6.07) is 9.27. The summed E-state index contributed by atoms with van der Waals surface area (Å²) in [7, 11) is 0. The summed E-state index contributed by atoms with van der Waals surface area (Å²) in [6.07, 6.45) is 3.77. The molecule has 0 amide bonds. The van der Waals surface area contributed by atoms with Gasteiger partial charge in [-0.05, 0) is 37.4 Å². The fourth-order valence-corrected chi connectivity index (χ4v) is 1.97. The number of aryl methyl sites for hydroxylation is 1. The predicted octanol–water partition coefficient (Wildman–Crippen LogP) is 3.70. The van der Waals surface area contributed by atoms with Crippen LogP contribution in [0, 0.1) is 0 Å². The van der Waals surface area contributed by atoms with Crippen LogP contribution in [-0.4, -0.2) is 6.54 Å². The number of nitrogens with one attached hydrogen (secondary N) is 1. The minimum Gasteiger partial charge on any atom is -0.310 e. The summed E-state index contributed by atoms with van der Waals surface area (Å²) in [5.41, 5.74) is 2.97. The molecule has 84 valence electrons. The number of rotatable bonds is 6. The maximum Gasteiger partial charge on any atom is 0.0294 e. The molecule has 1 heteroatoms. The third kappa shape index (κ3) is 3.67. The smallest absolute Gasteiger partial charge is 0.0294 e. The molecule has 1 unspecified atom stereocenters. The van der Waals surface area contributed by atoms with Crippen molar-refractivity contribution in [3.63, 3.8) is 0 Å². The van der Waals surface area contributed by atoms with Gasteiger partial charge in [-0.3, -0.25) is 0 Å². The van der Waals surface area contributed by atoms with Gasteiger partial charge in [-0.25, -0.2) is 0 Å². The highest BCUT2D eigenvalue weighted by Gasteiger charge is 2.07. The monoisotopic (exact) mass is 205 g/mol. The van der Waals surface area contributed by atoms with Crippen molar-refractivity contribution in [3.8, 4) is 0 Å². The van der Waals surface area contributed by atoms with Gasteiger partial charge in [0, 0.05) is 6.04 Å². The van der Waals surface area contributed by atoms with Crippen molar-refractivity contribution >= 4 is 0 Å². The summed E-state index contributed by atoms with van der Waals surface area (Å²) < 4.78 is 0. The van der Waals surface area contributed by atoms with Crippen molar-refractivity contribution in [2.75, 3.05) is 6.54 Å². The Kier molecular flexibility index (Phi) is 5.41. The van der Waals surface area contributed by atoms with Crippen molar-refractivity contribution in [2.24, 2.45) is 0 Å². The van der Waals surface area contributed by atoms with E-state index in [-0.39, 0.29) is 0 Å². The molecular weight excluding hydrogens is 182 g/mol. The van der Waals surface area contributed by atoms with Crippen LogP contribution in [-0.2, 0) is 6.42 Å². The molecule has 1 aromatic rings. The molecule has 1 atom stereocenters. The van der Waals surface area contributed by atoms with Gasteiger partial charge in [-0.1, -0.05) is 44.5 Å². The van der Waals surface area contributed by atoms with E-state index in [1.165, 1.54) is 30.4 Å². The van der Waals surface area contributed by atoms with Crippen LogP contribution in [0.4, 0.5) is 0 Å². The van der Waals surface area contributed by atoms with Crippen LogP contribution >= 0.6 is 0 Å². The molecule has 0 bridgehead atoms. The zero-order valence-electron chi connectivity index (χ0n) is 10.2. The molecule has 1 rings (SSSR count). The molecule has 0 saturated carbocycles. The maximum atomic E-state index is 3.48. The van der Waals surface area contributed by atoms with Crippen molar-refractivity contribution in [3.05, 3.63) is 35.4 Å². The Morgan fingerprint density at radius 2 is 1.93 bits per heavy atom. The van der Waals surface area contributed by atoms with E-state index in [0.717, 1.165) is 6.54 Å². The van der Waals surface area contributed by atoms with E-state index >= 15 is 0 Å². The number of unbranched alkanes of at least 4 members (excludes halogenated alkanes) is 1. The largest absolute Gasteiger partial charge is 0.310 e. The Hall–Kier alpha value is -0.820. The zero-order valence-corrected chi connectivity index (χ0v) is 10.2. The molecule has 0 fully saturated rings. The van der Waals surface area contributed by atoms with E-state index in [1.54, 1.807) is 0 Å². The summed E-state index contributed by atoms with van der Waals surface area (Å²) in [5.74, 6) is 0. The van der Waals surface area contributed by atoms with Crippen LogP contribution in [0.1, 0.15) is 50.8 Å². The first-order valence-electron chi connectivity index (χ1n) is 6.10. The van der Waals surface area contributed by atoms with Gasteiger partial charge in [0.2, 0.25) is 0 Å². The van der Waals surface area contributed by atoms with Crippen LogP contribution < -0.4 is 5.32 Å². The molecule has 0 saturated heterocycles. The van der Waals surface area contributed by atoms with Crippen molar-refractivity contribution in [2.45, 2.75) is 46.1 Å². The minimum absolute atomic E-state index is 0.475. The van der Waals surface area contributed by atoms with Gasteiger partial charge in [0.05, 0.1) is 0 Å². The molecule has 1 aromatic carbocycles. The molecule has 0 spiro atoms. The summed E-state index contributed by atoms with van der Waals surface area (Å²) in [4.78, 5) is 0. The van der Waals surface area contributed by atoms with E-state index in [1.807, 2.05) is 0 Å². The van der Waals surface area contributed by atoms with E-state index in [4.69, 9.17) is 0 Å². The Morgan fingerprint density at radius 3 is 2.60 bits per heavy atom. The molecule has 0 heterocycles. The lowest BCUT2D eigenvalue weighted by molar-refractivity contribution is 0.590. The summed E-state index contributed by atoms with van der Waals surface area (Å²) in [5, 5.41) is 3.48. The van der Waals surface area contributed by atoms with Crippen LogP contribution in [0.15, 0.2) is 24.3 Å². The topological polar surface area (TPSA) is 12.0 Å². The first-order chi connectivity index (χ1) is 7.29. The molecule has 15 heavy (non-hydrogen) atoms. The van der Waals surface area contributed by atoms with E-state index in [2.05, 4.69) is 50.4 Å². The van der Waals surface area contributed by atoms with Gasteiger partial charge in [0.25, 0.3) is 0 Å². The normalized spacial score (nSPS) is 12.7. The number of benzene rings is 1. The van der Waals surface area contributed by atoms with Gasteiger partial charge >= 0.3 is 0 Å². The van der Waals surface area contributed by atoms with Gasteiger partial charge in [0.15, 0.2) is 0 Å². The van der Waals surface area contributed by atoms with Gasteiger partial charge < -0.3 is 5.32 Å². The molecule has 1 nitrogen and oxygen atoms in total. The summed E-state index contributed by atoms with van der Waals surface area (Å²) in [6.45, 7) is 7.68. The van der Waals surface area contributed by atoms with Crippen molar-refractivity contribution in [1.82, 2.24) is 5.32 Å². The van der Waals surface area contributed by atoms with Gasteiger partial charge in [-0.15, -0.1) is 0 Å². The average molecular weight is 205 g/mol. The predicted molar refractivity (Wildman–Crippen MR) is 67.1 cm³/mol.